The van der Waals surface area contributed by atoms with Gasteiger partial charge in [-0.15, -0.1) is 0 Å². The quantitative estimate of drug-likeness (QED) is 0.237. The minimum Gasteiger partial charge on any atom is -0.507 e. The molecule has 1 aromatic heterocycles. The Kier molecular flexibility index (Phi) is 5.79. The van der Waals surface area contributed by atoms with Crippen molar-refractivity contribution in [1.29, 1.82) is 0 Å². The highest BCUT2D eigenvalue weighted by molar-refractivity contribution is 5.97. The second-order valence-corrected chi connectivity index (χ2v) is 8.18. The molecule has 0 amide bonds. The number of carbonyl (C=O) groups is 1. The number of rotatable bonds is 6. The standard InChI is InChI=1S/C30H22O4/c31-26(23-17-15-21(16-18-23)20-9-3-1-4-10-20)19-25(22-11-5-2-6-12-22)28-29(32)24-13-7-8-14-27(24)34-30(28)33/h1-18,25,32H,19H2/t25-/m0/s1. The SMILES string of the molecule is O=C(C[C@@H](c1ccccc1)c1c(O)c2ccccc2oc1=O)c1ccc(-c2ccccc2)cc1. The summed E-state index contributed by atoms with van der Waals surface area (Å²) in [5, 5.41) is 11.5. The molecule has 0 unspecified atom stereocenters. The van der Waals surface area contributed by atoms with Gasteiger partial charge in [-0.1, -0.05) is 97.1 Å². The zero-order chi connectivity index (χ0) is 23.5. The molecular weight excluding hydrogens is 424 g/mol. The summed E-state index contributed by atoms with van der Waals surface area (Å²) in [6.07, 6.45) is 0.0192. The molecule has 0 aliphatic heterocycles. The van der Waals surface area contributed by atoms with Crippen LogP contribution in [0.1, 0.15) is 33.8 Å². The summed E-state index contributed by atoms with van der Waals surface area (Å²) in [5.74, 6) is -0.920. The van der Waals surface area contributed by atoms with Gasteiger partial charge in [-0.25, -0.2) is 4.79 Å². The van der Waals surface area contributed by atoms with Crippen LogP contribution >= 0.6 is 0 Å². The van der Waals surface area contributed by atoms with Gasteiger partial charge in [-0.2, -0.15) is 0 Å². The van der Waals surface area contributed by atoms with Crippen LogP contribution in [0.15, 0.2) is 118 Å². The van der Waals surface area contributed by atoms with Crippen molar-refractivity contribution in [2.75, 3.05) is 0 Å². The molecule has 5 aromatic rings. The highest BCUT2D eigenvalue weighted by Gasteiger charge is 2.27. The second-order valence-electron chi connectivity index (χ2n) is 8.18. The Bertz CT molecular complexity index is 1500. The van der Waals surface area contributed by atoms with Gasteiger partial charge in [0.05, 0.1) is 10.9 Å². The van der Waals surface area contributed by atoms with Crippen LogP contribution < -0.4 is 5.63 Å². The Morgan fingerprint density at radius 3 is 2.03 bits per heavy atom. The molecule has 166 valence electrons. The van der Waals surface area contributed by atoms with Crippen molar-refractivity contribution in [1.82, 2.24) is 0 Å². The number of ketones is 1. The van der Waals surface area contributed by atoms with Crippen LogP contribution in [-0.4, -0.2) is 10.9 Å². The topological polar surface area (TPSA) is 67.5 Å². The summed E-state index contributed by atoms with van der Waals surface area (Å²) in [6.45, 7) is 0. The second kappa shape index (κ2) is 9.20. The molecule has 0 radical (unpaired) electrons. The normalized spacial score (nSPS) is 11.9. The molecule has 0 aliphatic carbocycles. The minimum atomic E-state index is -0.650. The van der Waals surface area contributed by atoms with Gasteiger partial charge in [-0.05, 0) is 28.8 Å². The zero-order valence-electron chi connectivity index (χ0n) is 18.3. The molecule has 0 bridgehead atoms. The van der Waals surface area contributed by atoms with Crippen LogP contribution in [0.5, 0.6) is 5.75 Å². The van der Waals surface area contributed by atoms with Crippen molar-refractivity contribution in [3.8, 4) is 16.9 Å². The first-order valence-electron chi connectivity index (χ1n) is 11.1. The van der Waals surface area contributed by atoms with Crippen LogP contribution in [0, 0.1) is 0 Å². The van der Waals surface area contributed by atoms with Gasteiger partial charge >= 0.3 is 5.63 Å². The number of aromatic hydroxyl groups is 1. The number of fused-ring (bicyclic) bond motifs is 1. The highest BCUT2D eigenvalue weighted by atomic mass is 16.4. The van der Waals surface area contributed by atoms with Crippen LogP contribution in [0.3, 0.4) is 0 Å². The number of para-hydroxylation sites is 1. The summed E-state index contributed by atoms with van der Waals surface area (Å²) in [7, 11) is 0. The van der Waals surface area contributed by atoms with Crippen molar-refractivity contribution in [3.63, 3.8) is 0 Å². The average molecular weight is 447 g/mol. The Morgan fingerprint density at radius 1 is 0.735 bits per heavy atom. The lowest BCUT2D eigenvalue weighted by Crippen LogP contribution is -2.17. The molecule has 0 spiro atoms. The van der Waals surface area contributed by atoms with Crippen LogP contribution in [0.4, 0.5) is 0 Å². The van der Waals surface area contributed by atoms with Gasteiger partial charge in [-0.3, -0.25) is 4.79 Å². The van der Waals surface area contributed by atoms with E-state index in [-0.39, 0.29) is 23.5 Å². The van der Waals surface area contributed by atoms with E-state index in [1.54, 1.807) is 36.4 Å². The van der Waals surface area contributed by atoms with Crippen molar-refractivity contribution in [2.45, 2.75) is 12.3 Å². The summed E-state index contributed by atoms with van der Waals surface area (Å²) in [5.41, 5.74) is 3.16. The third-order valence-corrected chi connectivity index (χ3v) is 6.07. The first-order chi connectivity index (χ1) is 16.6. The van der Waals surface area contributed by atoms with E-state index in [1.807, 2.05) is 72.8 Å². The molecule has 4 heteroatoms. The Labute approximate surface area is 196 Å². The van der Waals surface area contributed by atoms with E-state index in [9.17, 15) is 14.7 Å². The smallest absolute Gasteiger partial charge is 0.343 e. The Hall–Kier alpha value is -4.44. The van der Waals surface area contributed by atoms with Gasteiger partial charge in [0.1, 0.15) is 11.3 Å². The Morgan fingerprint density at radius 2 is 1.32 bits per heavy atom. The number of hydrogen-bond donors (Lipinski definition) is 1. The molecule has 0 saturated carbocycles. The predicted molar refractivity (Wildman–Crippen MR) is 133 cm³/mol. The lowest BCUT2D eigenvalue weighted by atomic mass is 9.85. The highest BCUT2D eigenvalue weighted by Crippen LogP contribution is 2.36. The number of carbonyl (C=O) groups excluding carboxylic acids is 1. The fraction of sp³-hybridized carbons (Fsp3) is 0.0667. The monoisotopic (exact) mass is 446 g/mol. The van der Waals surface area contributed by atoms with Crippen molar-refractivity contribution < 1.29 is 14.3 Å². The summed E-state index contributed by atoms with van der Waals surface area (Å²) in [4.78, 5) is 26.3. The lowest BCUT2D eigenvalue weighted by molar-refractivity contribution is 0.0977. The maximum absolute atomic E-state index is 13.3. The average Bonchev–Trinajstić information content (AvgIpc) is 2.89. The summed E-state index contributed by atoms with van der Waals surface area (Å²) in [6, 6.07) is 33.5. The van der Waals surface area contributed by atoms with Crippen molar-refractivity contribution in [3.05, 3.63) is 136 Å². The van der Waals surface area contributed by atoms with E-state index in [2.05, 4.69) is 0 Å². The molecule has 34 heavy (non-hydrogen) atoms. The van der Waals surface area contributed by atoms with Crippen LogP contribution in [0.25, 0.3) is 22.1 Å². The largest absolute Gasteiger partial charge is 0.507 e. The molecular formula is C30H22O4. The summed E-state index contributed by atoms with van der Waals surface area (Å²) < 4.78 is 5.50. The maximum Gasteiger partial charge on any atom is 0.343 e. The zero-order valence-corrected chi connectivity index (χ0v) is 18.3. The number of Topliss-reactive ketones (excluding diaryl/α,β-unsaturated/α-hetero) is 1. The molecule has 1 N–H and O–H groups in total. The Balaban J connectivity index is 1.53. The molecule has 1 heterocycles. The van der Waals surface area contributed by atoms with Gasteiger partial charge in [0.15, 0.2) is 5.78 Å². The molecule has 4 nitrogen and oxygen atoms in total. The number of benzene rings is 4. The fourth-order valence-electron chi connectivity index (χ4n) is 4.31. The minimum absolute atomic E-state index is 0.0192. The van der Waals surface area contributed by atoms with Gasteiger partial charge in [0.25, 0.3) is 0 Å². The van der Waals surface area contributed by atoms with Gasteiger partial charge in [0.2, 0.25) is 0 Å². The molecule has 0 saturated heterocycles. The first kappa shape index (κ1) is 21.4. The van der Waals surface area contributed by atoms with Crippen molar-refractivity contribution in [2.24, 2.45) is 0 Å². The van der Waals surface area contributed by atoms with Crippen molar-refractivity contribution >= 4 is 16.8 Å². The van der Waals surface area contributed by atoms with Crippen LogP contribution in [0.2, 0.25) is 0 Å². The molecule has 0 aliphatic rings. The number of hydrogen-bond acceptors (Lipinski definition) is 4. The van der Waals surface area contributed by atoms with E-state index in [4.69, 9.17) is 4.42 Å². The third-order valence-electron chi connectivity index (χ3n) is 6.07. The predicted octanol–water partition coefficient (Wildman–Crippen LogP) is 6.57. The maximum atomic E-state index is 13.3. The van der Waals surface area contributed by atoms with Gasteiger partial charge in [0, 0.05) is 17.9 Å². The van der Waals surface area contributed by atoms with E-state index in [0.717, 1.165) is 16.7 Å². The molecule has 0 fully saturated rings. The first-order valence-corrected chi connectivity index (χ1v) is 11.1. The third kappa shape index (κ3) is 4.14. The van der Waals surface area contributed by atoms with Crippen LogP contribution in [-0.2, 0) is 0 Å². The molecule has 1 atom stereocenters. The molecule has 5 rings (SSSR count). The fourth-order valence-corrected chi connectivity index (χ4v) is 4.31. The van der Waals surface area contributed by atoms with E-state index >= 15 is 0 Å². The van der Waals surface area contributed by atoms with Gasteiger partial charge < -0.3 is 9.52 Å². The van der Waals surface area contributed by atoms with E-state index < -0.39 is 11.5 Å². The molecule has 4 aromatic carbocycles. The summed E-state index contributed by atoms with van der Waals surface area (Å²) >= 11 is 0. The van der Waals surface area contributed by atoms with E-state index in [0.29, 0.717) is 16.5 Å². The lowest BCUT2D eigenvalue weighted by Gasteiger charge is -2.18. The van der Waals surface area contributed by atoms with E-state index in [1.165, 1.54) is 0 Å².